The lowest BCUT2D eigenvalue weighted by Crippen LogP contribution is -2.39. The number of hydrogen-bond donors (Lipinski definition) is 2. The van der Waals surface area contributed by atoms with Gasteiger partial charge >= 0.3 is 0 Å². The first-order chi connectivity index (χ1) is 12.3. The van der Waals surface area contributed by atoms with Crippen LogP contribution in [0.2, 0.25) is 0 Å². The summed E-state index contributed by atoms with van der Waals surface area (Å²) in [6, 6.07) is 10.2. The first kappa shape index (κ1) is 17.5. The summed E-state index contributed by atoms with van der Waals surface area (Å²) in [7, 11) is 3.83. The predicted molar refractivity (Wildman–Crippen MR) is 100 cm³/mol. The lowest BCUT2D eigenvalue weighted by molar-refractivity contribution is 0.105. The Balaban J connectivity index is 1.51. The van der Waals surface area contributed by atoms with Gasteiger partial charge < -0.3 is 19.9 Å². The van der Waals surface area contributed by atoms with Crippen molar-refractivity contribution in [3.8, 4) is 11.3 Å². The van der Waals surface area contributed by atoms with Crippen LogP contribution in [0.15, 0.2) is 41.5 Å². The van der Waals surface area contributed by atoms with Crippen molar-refractivity contribution in [2.45, 2.75) is 31.9 Å². The Kier molecular flexibility index (Phi) is 6.06. The van der Waals surface area contributed by atoms with Crippen LogP contribution in [-0.2, 0) is 11.3 Å². The summed E-state index contributed by atoms with van der Waals surface area (Å²) in [4.78, 5) is 14.3. The van der Waals surface area contributed by atoms with Gasteiger partial charge in [0.2, 0.25) is 0 Å². The fraction of sp³-hybridized carbons (Fsp3) is 0.474. The Morgan fingerprint density at radius 2 is 2.24 bits per heavy atom. The Bertz CT molecular complexity index is 676. The van der Waals surface area contributed by atoms with Gasteiger partial charge in [0.1, 0.15) is 5.82 Å². The first-order valence-corrected chi connectivity index (χ1v) is 8.89. The number of aromatic amines is 1. The highest BCUT2D eigenvalue weighted by Crippen LogP contribution is 2.17. The number of imidazole rings is 1. The molecule has 0 spiro atoms. The molecular weight excluding hydrogens is 314 g/mol. The molecule has 2 aromatic rings. The molecule has 1 fully saturated rings. The Morgan fingerprint density at radius 3 is 2.96 bits per heavy atom. The molecule has 25 heavy (non-hydrogen) atoms. The minimum Gasteiger partial charge on any atom is -0.378 e. The largest absolute Gasteiger partial charge is 0.378 e. The van der Waals surface area contributed by atoms with E-state index in [0.717, 1.165) is 42.6 Å². The van der Waals surface area contributed by atoms with Gasteiger partial charge in [0.05, 0.1) is 24.5 Å². The van der Waals surface area contributed by atoms with Crippen LogP contribution in [0.1, 0.15) is 25.1 Å². The van der Waals surface area contributed by atoms with Gasteiger partial charge in [-0.1, -0.05) is 30.3 Å². The van der Waals surface area contributed by atoms with Crippen molar-refractivity contribution in [2.75, 3.05) is 27.2 Å². The molecular formula is C19H27N5O. The highest BCUT2D eigenvalue weighted by molar-refractivity contribution is 5.79. The average molecular weight is 341 g/mol. The third kappa shape index (κ3) is 4.82. The number of ether oxygens (including phenoxy) is 1. The molecule has 1 atom stereocenters. The molecule has 1 aliphatic heterocycles. The lowest BCUT2D eigenvalue weighted by atomic mass is 10.2. The van der Waals surface area contributed by atoms with Crippen molar-refractivity contribution in [1.29, 1.82) is 0 Å². The van der Waals surface area contributed by atoms with Crippen LogP contribution in [0.25, 0.3) is 11.3 Å². The van der Waals surface area contributed by atoms with E-state index in [1.165, 1.54) is 12.8 Å². The summed E-state index contributed by atoms with van der Waals surface area (Å²) in [5, 5.41) is 3.41. The van der Waals surface area contributed by atoms with E-state index in [9.17, 15) is 0 Å². The number of aromatic nitrogens is 2. The van der Waals surface area contributed by atoms with Crippen LogP contribution in [0.3, 0.4) is 0 Å². The zero-order chi connectivity index (χ0) is 17.5. The van der Waals surface area contributed by atoms with E-state index in [1.807, 2.05) is 38.5 Å². The number of benzene rings is 1. The molecule has 0 amide bonds. The molecule has 2 N–H and O–H groups in total. The maximum atomic E-state index is 5.66. The summed E-state index contributed by atoms with van der Waals surface area (Å²) in [5.74, 6) is 1.79. The quantitative estimate of drug-likeness (QED) is 0.626. The van der Waals surface area contributed by atoms with Crippen LogP contribution in [0.5, 0.6) is 0 Å². The molecule has 2 heterocycles. The van der Waals surface area contributed by atoms with Gasteiger partial charge in [0.25, 0.3) is 0 Å². The SMILES string of the molecule is CN=C(NCCC1CCCO1)N(C)Cc1ncc(-c2ccccc2)[nH]1. The van der Waals surface area contributed by atoms with E-state index in [1.54, 1.807) is 0 Å². The number of aliphatic imine (C=N–C) groups is 1. The number of nitrogens with zero attached hydrogens (tertiary/aromatic N) is 3. The summed E-state index contributed by atoms with van der Waals surface area (Å²) >= 11 is 0. The molecule has 1 aromatic carbocycles. The van der Waals surface area contributed by atoms with Crippen LogP contribution in [0.4, 0.5) is 0 Å². The second-order valence-electron chi connectivity index (χ2n) is 6.36. The summed E-state index contributed by atoms with van der Waals surface area (Å²) in [6.45, 7) is 2.45. The predicted octanol–water partition coefficient (Wildman–Crippen LogP) is 2.65. The average Bonchev–Trinajstić information content (AvgIpc) is 3.31. The van der Waals surface area contributed by atoms with E-state index in [4.69, 9.17) is 4.74 Å². The van der Waals surface area contributed by atoms with E-state index >= 15 is 0 Å². The second-order valence-corrected chi connectivity index (χ2v) is 6.36. The molecule has 6 heteroatoms. The maximum Gasteiger partial charge on any atom is 0.193 e. The number of guanidine groups is 1. The van der Waals surface area contributed by atoms with Gasteiger partial charge in [0, 0.05) is 27.2 Å². The van der Waals surface area contributed by atoms with Crippen LogP contribution < -0.4 is 5.32 Å². The highest BCUT2D eigenvalue weighted by atomic mass is 16.5. The Hall–Kier alpha value is -2.34. The molecule has 1 aliphatic rings. The molecule has 1 aromatic heterocycles. The molecule has 6 nitrogen and oxygen atoms in total. The molecule has 0 radical (unpaired) electrons. The van der Waals surface area contributed by atoms with E-state index in [2.05, 4.69) is 37.3 Å². The molecule has 0 aliphatic carbocycles. The smallest absolute Gasteiger partial charge is 0.193 e. The van der Waals surface area contributed by atoms with Gasteiger partial charge in [-0.3, -0.25) is 4.99 Å². The summed E-state index contributed by atoms with van der Waals surface area (Å²) in [6.07, 6.45) is 5.65. The van der Waals surface area contributed by atoms with Crippen molar-refractivity contribution >= 4 is 5.96 Å². The molecule has 3 rings (SSSR count). The van der Waals surface area contributed by atoms with Gasteiger partial charge in [-0.05, 0) is 24.8 Å². The lowest BCUT2D eigenvalue weighted by Gasteiger charge is -2.21. The number of nitrogens with one attached hydrogen (secondary N) is 2. The maximum absolute atomic E-state index is 5.66. The highest BCUT2D eigenvalue weighted by Gasteiger charge is 2.15. The summed E-state index contributed by atoms with van der Waals surface area (Å²) in [5.41, 5.74) is 2.17. The van der Waals surface area contributed by atoms with E-state index in [0.29, 0.717) is 12.6 Å². The third-order valence-corrected chi connectivity index (χ3v) is 4.45. The normalized spacial score (nSPS) is 17.7. The van der Waals surface area contributed by atoms with Gasteiger partial charge in [-0.15, -0.1) is 0 Å². The third-order valence-electron chi connectivity index (χ3n) is 4.45. The topological polar surface area (TPSA) is 65.5 Å². The number of rotatable bonds is 6. The van der Waals surface area contributed by atoms with Crippen molar-refractivity contribution in [2.24, 2.45) is 4.99 Å². The number of H-pyrrole nitrogens is 1. The molecule has 0 saturated carbocycles. The monoisotopic (exact) mass is 341 g/mol. The van der Waals surface area contributed by atoms with Crippen molar-refractivity contribution in [3.05, 3.63) is 42.4 Å². The van der Waals surface area contributed by atoms with Crippen molar-refractivity contribution in [3.63, 3.8) is 0 Å². The molecule has 1 saturated heterocycles. The molecule has 0 bridgehead atoms. The van der Waals surface area contributed by atoms with Gasteiger partial charge in [0.15, 0.2) is 5.96 Å². The van der Waals surface area contributed by atoms with Crippen molar-refractivity contribution in [1.82, 2.24) is 20.2 Å². The van der Waals surface area contributed by atoms with Crippen LogP contribution in [0, 0.1) is 0 Å². The van der Waals surface area contributed by atoms with E-state index < -0.39 is 0 Å². The standard InChI is InChI=1S/C19H27N5O/c1-20-19(21-11-10-16-9-6-12-25-16)24(2)14-18-22-13-17(23-18)15-7-4-3-5-8-15/h3-5,7-8,13,16H,6,9-12,14H2,1-2H3,(H,20,21)(H,22,23). The minimum absolute atomic E-state index is 0.398. The summed E-state index contributed by atoms with van der Waals surface area (Å²) < 4.78 is 5.66. The zero-order valence-electron chi connectivity index (χ0n) is 15.0. The van der Waals surface area contributed by atoms with Gasteiger partial charge in [-0.25, -0.2) is 4.98 Å². The molecule has 134 valence electrons. The van der Waals surface area contributed by atoms with Gasteiger partial charge in [-0.2, -0.15) is 0 Å². The second kappa shape index (κ2) is 8.67. The first-order valence-electron chi connectivity index (χ1n) is 8.89. The van der Waals surface area contributed by atoms with Crippen LogP contribution in [-0.4, -0.2) is 54.2 Å². The van der Waals surface area contributed by atoms with Crippen LogP contribution >= 0.6 is 0 Å². The molecule has 1 unspecified atom stereocenters. The van der Waals surface area contributed by atoms with E-state index in [-0.39, 0.29) is 0 Å². The minimum atomic E-state index is 0.398. The Labute approximate surface area is 149 Å². The zero-order valence-corrected chi connectivity index (χ0v) is 15.0. The fourth-order valence-electron chi connectivity index (χ4n) is 3.11. The fourth-order valence-corrected chi connectivity index (χ4v) is 3.11. The Morgan fingerprint density at radius 1 is 1.40 bits per heavy atom. The number of hydrogen-bond acceptors (Lipinski definition) is 3. The van der Waals surface area contributed by atoms with Crippen molar-refractivity contribution < 1.29 is 4.74 Å².